The lowest BCUT2D eigenvalue weighted by molar-refractivity contribution is 0.153. The first-order valence-corrected chi connectivity index (χ1v) is 7.43. The van der Waals surface area contributed by atoms with Gasteiger partial charge in [-0.15, -0.1) is 0 Å². The third kappa shape index (κ3) is 4.52. The van der Waals surface area contributed by atoms with Gasteiger partial charge in [-0.1, -0.05) is 19.1 Å². The van der Waals surface area contributed by atoms with Crippen LogP contribution < -0.4 is 10.0 Å². The van der Waals surface area contributed by atoms with E-state index in [-0.39, 0.29) is 4.90 Å². The van der Waals surface area contributed by atoms with E-state index in [0.717, 1.165) is 5.56 Å². The molecule has 108 valence electrons. The Bertz CT molecular complexity index is 518. The molecule has 1 aromatic carbocycles. The van der Waals surface area contributed by atoms with Gasteiger partial charge in [0.15, 0.2) is 0 Å². The highest BCUT2D eigenvalue weighted by Crippen LogP contribution is 2.18. The number of hydrogen-bond donors (Lipinski definition) is 2. The summed E-state index contributed by atoms with van der Waals surface area (Å²) in [5, 5.41) is 2.92. The Balaban J connectivity index is 3.11. The highest BCUT2D eigenvalue weighted by atomic mass is 32.2. The van der Waals surface area contributed by atoms with Crippen LogP contribution in [0.15, 0.2) is 23.1 Å². The van der Waals surface area contributed by atoms with Gasteiger partial charge in [-0.25, -0.2) is 21.9 Å². The minimum Gasteiger partial charge on any atom is -0.316 e. The molecule has 0 heterocycles. The van der Waals surface area contributed by atoms with Gasteiger partial charge in [0.25, 0.3) is 6.43 Å². The number of rotatable bonds is 7. The van der Waals surface area contributed by atoms with Crippen LogP contribution >= 0.6 is 0 Å². The van der Waals surface area contributed by atoms with Crippen molar-refractivity contribution < 1.29 is 17.2 Å². The predicted molar refractivity (Wildman–Crippen MR) is 69.8 cm³/mol. The average molecular weight is 292 g/mol. The van der Waals surface area contributed by atoms with Crippen LogP contribution in [-0.4, -0.2) is 28.4 Å². The van der Waals surface area contributed by atoms with Gasteiger partial charge in [0.2, 0.25) is 10.0 Å². The molecule has 0 saturated carbocycles. The lowest BCUT2D eigenvalue weighted by Gasteiger charge is -2.12. The third-order valence-corrected chi connectivity index (χ3v) is 4.12. The van der Waals surface area contributed by atoms with Gasteiger partial charge >= 0.3 is 0 Å². The van der Waals surface area contributed by atoms with Crippen molar-refractivity contribution in [2.45, 2.75) is 31.2 Å². The molecule has 1 aromatic rings. The summed E-state index contributed by atoms with van der Waals surface area (Å²) >= 11 is 0. The van der Waals surface area contributed by atoms with Crippen LogP contribution in [0.25, 0.3) is 0 Å². The Kier molecular flexibility index (Phi) is 5.84. The highest BCUT2D eigenvalue weighted by molar-refractivity contribution is 7.89. The smallest absolute Gasteiger partial charge is 0.251 e. The van der Waals surface area contributed by atoms with Crippen molar-refractivity contribution >= 4 is 10.0 Å². The average Bonchev–Trinajstić information content (AvgIpc) is 2.37. The van der Waals surface area contributed by atoms with Crippen LogP contribution in [0, 0.1) is 0 Å². The van der Waals surface area contributed by atoms with E-state index < -0.39 is 23.0 Å². The minimum atomic E-state index is -3.90. The van der Waals surface area contributed by atoms with Crippen molar-refractivity contribution in [2.75, 3.05) is 13.6 Å². The Hall–Kier alpha value is -1.05. The monoisotopic (exact) mass is 292 g/mol. The van der Waals surface area contributed by atoms with Gasteiger partial charge in [-0.2, -0.15) is 0 Å². The zero-order valence-corrected chi connectivity index (χ0v) is 11.7. The van der Waals surface area contributed by atoms with E-state index >= 15 is 0 Å². The second kappa shape index (κ2) is 6.93. The molecule has 2 N–H and O–H groups in total. The van der Waals surface area contributed by atoms with E-state index in [1.807, 2.05) is 17.7 Å². The molecule has 0 saturated heterocycles. The Morgan fingerprint density at radius 2 is 2.00 bits per heavy atom. The van der Waals surface area contributed by atoms with Gasteiger partial charge in [-0.3, -0.25) is 0 Å². The van der Waals surface area contributed by atoms with Gasteiger partial charge < -0.3 is 5.32 Å². The summed E-state index contributed by atoms with van der Waals surface area (Å²) in [6.07, 6.45) is -2.19. The van der Waals surface area contributed by atoms with Crippen molar-refractivity contribution in [1.82, 2.24) is 10.0 Å². The normalized spacial score (nSPS) is 12.1. The summed E-state index contributed by atoms with van der Waals surface area (Å²) in [7, 11) is -2.15. The zero-order valence-electron chi connectivity index (χ0n) is 10.9. The van der Waals surface area contributed by atoms with Gasteiger partial charge in [0.05, 0.1) is 11.4 Å². The molecule has 0 fully saturated rings. The first-order valence-electron chi connectivity index (χ1n) is 5.95. The molecule has 0 atom stereocenters. The number of aryl methyl sites for hydroxylation is 1. The van der Waals surface area contributed by atoms with Crippen molar-refractivity contribution in [3.05, 3.63) is 29.3 Å². The maximum atomic E-state index is 12.1. The quantitative estimate of drug-likeness (QED) is 0.801. The zero-order chi connectivity index (χ0) is 14.5. The number of nitrogens with one attached hydrogen (secondary N) is 2. The van der Waals surface area contributed by atoms with Crippen LogP contribution in [0.2, 0.25) is 0 Å². The molecule has 4 nitrogen and oxygen atoms in total. The van der Waals surface area contributed by atoms with E-state index in [2.05, 4.69) is 5.32 Å². The molecule has 0 aliphatic carbocycles. The summed E-state index contributed by atoms with van der Waals surface area (Å²) in [5.74, 6) is 0. The third-order valence-electron chi connectivity index (χ3n) is 2.61. The largest absolute Gasteiger partial charge is 0.316 e. The number of halogens is 2. The standard InChI is InChI=1S/C12H18F2N2O2S/c1-3-10-5-4-9(7-15-2)6-11(10)19(17,18)16-8-12(13)14/h4-6,12,15-16H,3,7-8H2,1-2H3. The van der Waals surface area contributed by atoms with Gasteiger partial charge in [0.1, 0.15) is 0 Å². The van der Waals surface area contributed by atoms with Crippen molar-refractivity contribution in [3.63, 3.8) is 0 Å². The molecule has 0 bridgehead atoms. The molecule has 0 unspecified atom stereocenters. The molecular weight excluding hydrogens is 274 g/mol. The number of hydrogen-bond acceptors (Lipinski definition) is 3. The minimum absolute atomic E-state index is 0.0726. The molecule has 19 heavy (non-hydrogen) atoms. The number of alkyl halides is 2. The van der Waals surface area contributed by atoms with Crippen LogP contribution in [0.1, 0.15) is 18.1 Å². The van der Waals surface area contributed by atoms with Crippen LogP contribution in [0.5, 0.6) is 0 Å². The second-order valence-electron chi connectivity index (χ2n) is 4.07. The maximum Gasteiger partial charge on any atom is 0.251 e. The second-order valence-corrected chi connectivity index (χ2v) is 5.80. The summed E-state index contributed by atoms with van der Waals surface area (Å²) in [6.45, 7) is 1.46. The first kappa shape index (κ1) is 16.0. The number of benzene rings is 1. The van der Waals surface area contributed by atoms with E-state index in [9.17, 15) is 17.2 Å². The lowest BCUT2D eigenvalue weighted by Crippen LogP contribution is -2.29. The molecular formula is C12H18F2N2O2S. The van der Waals surface area contributed by atoms with Crippen LogP contribution in [0.3, 0.4) is 0 Å². The molecule has 0 aromatic heterocycles. The van der Waals surface area contributed by atoms with E-state index in [4.69, 9.17) is 0 Å². The molecule has 7 heteroatoms. The van der Waals surface area contributed by atoms with Gasteiger partial charge in [0, 0.05) is 6.54 Å². The van der Waals surface area contributed by atoms with Crippen molar-refractivity contribution in [2.24, 2.45) is 0 Å². The molecule has 0 amide bonds. The Morgan fingerprint density at radius 1 is 1.32 bits per heavy atom. The molecule has 0 spiro atoms. The predicted octanol–water partition coefficient (Wildman–Crippen LogP) is 1.51. The van der Waals surface area contributed by atoms with Crippen molar-refractivity contribution in [3.8, 4) is 0 Å². The molecule has 0 aliphatic rings. The molecule has 1 rings (SSSR count). The van der Waals surface area contributed by atoms with E-state index in [0.29, 0.717) is 18.5 Å². The number of sulfonamides is 1. The fraction of sp³-hybridized carbons (Fsp3) is 0.500. The van der Waals surface area contributed by atoms with E-state index in [1.165, 1.54) is 6.07 Å². The fourth-order valence-corrected chi connectivity index (χ4v) is 3.07. The summed E-state index contributed by atoms with van der Waals surface area (Å²) in [6, 6.07) is 5.05. The maximum absolute atomic E-state index is 12.1. The van der Waals surface area contributed by atoms with Crippen molar-refractivity contribution in [1.29, 1.82) is 0 Å². The van der Waals surface area contributed by atoms with Crippen LogP contribution in [0.4, 0.5) is 8.78 Å². The summed E-state index contributed by atoms with van der Waals surface area (Å²) < 4.78 is 50.2. The SMILES string of the molecule is CCc1ccc(CNC)cc1S(=O)(=O)NCC(F)F. The Labute approximate surface area is 112 Å². The van der Waals surface area contributed by atoms with Gasteiger partial charge in [-0.05, 0) is 30.7 Å². The molecule has 0 radical (unpaired) electrons. The molecule has 0 aliphatic heterocycles. The Morgan fingerprint density at radius 3 is 2.53 bits per heavy atom. The van der Waals surface area contributed by atoms with E-state index in [1.54, 1.807) is 13.1 Å². The summed E-state index contributed by atoms with van der Waals surface area (Å²) in [5.41, 5.74) is 1.40. The topological polar surface area (TPSA) is 58.2 Å². The lowest BCUT2D eigenvalue weighted by atomic mass is 10.1. The highest BCUT2D eigenvalue weighted by Gasteiger charge is 2.19. The fourth-order valence-electron chi connectivity index (χ4n) is 1.71. The van der Waals surface area contributed by atoms with Crippen LogP contribution in [-0.2, 0) is 23.0 Å². The summed E-state index contributed by atoms with van der Waals surface area (Å²) in [4.78, 5) is 0.0726. The first-order chi connectivity index (χ1) is 8.90.